The average molecular weight is 369 g/mol. The van der Waals surface area contributed by atoms with Crippen molar-refractivity contribution in [1.29, 1.82) is 0 Å². The van der Waals surface area contributed by atoms with Crippen molar-refractivity contribution < 1.29 is 4.79 Å². The number of rotatable bonds is 7. The summed E-state index contributed by atoms with van der Waals surface area (Å²) in [5.74, 6) is 1.48. The molecule has 2 aromatic rings. The molecule has 1 fully saturated rings. The van der Waals surface area contributed by atoms with Crippen LogP contribution in [0.3, 0.4) is 0 Å². The van der Waals surface area contributed by atoms with Crippen LogP contribution in [0.5, 0.6) is 0 Å². The van der Waals surface area contributed by atoms with Crippen molar-refractivity contribution in [2.24, 2.45) is 0 Å². The monoisotopic (exact) mass is 369 g/mol. The van der Waals surface area contributed by atoms with Gasteiger partial charge in [0.1, 0.15) is 5.82 Å². The lowest BCUT2D eigenvalue weighted by molar-refractivity contribution is 0.0947. The number of pyridine rings is 1. The van der Waals surface area contributed by atoms with Gasteiger partial charge in [-0.1, -0.05) is 0 Å². The summed E-state index contributed by atoms with van der Waals surface area (Å²) in [6, 6.07) is 5.77. The molecule has 3 rings (SSSR count). The van der Waals surface area contributed by atoms with Gasteiger partial charge in [-0.25, -0.2) is 15.0 Å². The van der Waals surface area contributed by atoms with Gasteiger partial charge >= 0.3 is 0 Å². The minimum absolute atomic E-state index is 0.0880. The Bertz CT molecular complexity index is 713. The maximum Gasteiger partial charge on any atom is 0.252 e. The standard InChI is InChI=1S/C19H27N7O/c1-15(2)24-17-5-4-16(14-23-17)18(27)20-8-9-25-10-12-26(13-11-25)19-21-6-3-7-22-19/h3-7,14-15H,8-13H2,1-2H3,(H,20,27)(H,23,24). The summed E-state index contributed by atoms with van der Waals surface area (Å²) in [4.78, 5) is 29.6. The van der Waals surface area contributed by atoms with E-state index in [9.17, 15) is 4.79 Å². The lowest BCUT2D eigenvalue weighted by atomic mass is 10.2. The van der Waals surface area contributed by atoms with Crippen molar-refractivity contribution >= 4 is 17.7 Å². The molecular formula is C19H27N7O. The highest BCUT2D eigenvalue weighted by Gasteiger charge is 2.18. The molecule has 3 heterocycles. The fourth-order valence-electron chi connectivity index (χ4n) is 2.96. The summed E-state index contributed by atoms with van der Waals surface area (Å²) in [6.45, 7) is 9.21. The predicted octanol–water partition coefficient (Wildman–Crippen LogP) is 1.24. The van der Waals surface area contributed by atoms with Crippen LogP contribution >= 0.6 is 0 Å². The number of hydrogen-bond acceptors (Lipinski definition) is 7. The number of nitrogens with zero attached hydrogens (tertiary/aromatic N) is 5. The van der Waals surface area contributed by atoms with Gasteiger partial charge in [0.2, 0.25) is 5.95 Å². The molecule has 144 valence electrons. The Kier molecular flexibility index (Phi) is 6.54. The molecule has 0 aliphatic carbocycles. The molecule has 8 heteroatoms. The average Bonchev–Trinajstić information content (AvgIpc) is 2.69. The normalized spacial score (nSPS) is 15.0. The summed E-state index contributed by atoms with van der Waals surface area (Å²) >= 11 is 0. The number of amides is 1. The number of hydrogen-bond donors (Lipinski definition) is 2. The van der Waals surface area contributed by atoms with E-state index >= 15 is 0 Å². The number of carbonyl (C=O) groups excluding carboxylic acids is 1. The summed E-state index contributed by atoms with van der Waals surface area (Å²) < 4.78 is 0. The molecule has 27 heavy (non-hydrogen) atoms. The van der Waals surface area contributed by atoms with Crippen LogP contribution in [0, 0.1) is 0 Å². The summed E-state index contributed by atoms with van der Waals surface area (Å²) in [7, 11) is 0. The minimum atomic E-state index is -0.0880. The van der Waals surface area contributed by atoms with Crippen LogP contribution in [0.4, 0.5) is 11.8 Å². The number of nitrogens with one attached hydrogen (secondary N) is 2. The highest BCUT2D eigenvalue weighted by atomic mass is 16.1. The third kappa shape index (κ3) is 5.62. The van der Waals surface area contributed by atoms with Crippen LogP contribution in [-0.4, -0.2) is 71.1 Å². The molecule has 2 N–H and O–H groups in total. The van der Waals surface area contributed by atoms with Crippen molar-refractivity contribution in [3.63, 3.8) is 0 Å². The van der Waals surface area contributed by atoms with Gasteiger partial charge in [-0.3, -0.25) is 9.69 Å². The molecule has 0 radical (unpaired) electrons. The smallest absolute Gasteiger partial charge is 0.252 e. The Morgan fingerprint density at radius 1 is 1.11 bits per heavy atom. The highest BCUT2D eigenvalue weighted by Crippen LogP contribution is 2.09. The van der Waals surface area contributed by atoms with E-state index in [4.69, 9.17) is 0 Å². The van der Waals surface area contributed by atoms with Gasteiger partial charge in [-0.15, -0.1) is 0 Å². The molecule has 0 spiro atoms. The first-order chi connectivity index (χ1) is 13.1. The zero-order valence-corrected chi connectivity index (χ0v) is 15.9. The molecule has 8 nitrogen and oxygen atoms in total. The van der Waals surface area contributed by atoms with E-state index in [-0.39, 0.29) is 5.91 Å². The van der Waals surface area contributed by atoms with Gasteiger partial charge in [0.05, 0.1) is 5.56 Å². The Morgan fingerprint density at radius 3 is 2.48 bits per heavy atom. The van der Waals surface area contributed by atoms with E-state index in [1.165, 1.54) is 0 Å². The molecule has 1 saturated heterocycles. The quantitative estimate of drug-likeness (QED) is 0.759. The number of aromatic nitrogens is 3. The second-order valence-corrected chi connectivity index (χ2v) is 6.86. The van der Waals surface area contributed by atoms with Crippen molar-refractivity contribution in [2.45, 2.75) is 19.9 Å². The first-order valence-electron chi connectivity index (χ1n) is 9.37. The van der Waals surface area contributed by atoms with E-state index in [0.717, 1.165) is 44.5 Å². The van der Waals surface area contributed by atoms with Crippen molar-refractivity contribution in [1.82, 2.24) is 25.2 Å². The largest absolute Gasteiger partial charge is 0.368 e. The van der Waals surface area contributed by atoms with Gasteiger partial charge in [-0.05, 0) is 32.0 Å². The molecule has 1 amide bonds. The fraction of sp³-hybridized carbons (Fsp3) is 0.474. The summed E-state index contributed by atoms with van der Waals surface area (Å²) in [6.07, 6.45) is 5.15. The van der Waals surface area contributed by atoms with Crippen molar-refractivity contribution in [3.05, 3.63) is 42.4 Å². The van der Waals surface area contributed by atoms with Crippen LogP contribution < -0.4 is 15.5 Å². The number of piperazine rings is 1. The summed E-state index contributed by atoms with van der Waals surface area (Å²) in [5, 5.41) is 6.18. The van der Waals surface area contributed by atoms with Crippen molar-refractivity contribution in [3.8, 4) is 0 Å². The van der Waals surface area contributed by atoms with Gasteiger partial charge in [-0.2, -0.15) is 0 Å². The van der Waals surface area contributed by atoms with Gasteiger partial charge in [0.15, 0.2) is 0 Å². The van der Waals surface area contributed by atoms with E-state index in [1.54, 1.807) is 24.7 Å². The first kappa shape index (κ1) is 19.0. The van der Waals surface area contributed by atoms with Gasteiger partial charge in [0, 0.05) is 63.9 Å². The molecule has 0 unspecified atom stereocenters. The van der Waals surface area contributed by atoms with Crippen LogP contribution in [-0.2, 0) is 0 Å². The van der Waals surface area contributed by atoms with E-state index in [2.05, 4.69) is 49.2 Å². The molecule has 0 aromatic carbocycles. The Balaban J connectivity index is 1.38. The lowest BCUT2D eigenvalue weighted by Gasteiger charge is -2.34. The highest BCUT2D eigenvalue weighted by molar-refractivity contribution is 5.94. The van der Waals surface area contributed by atoms with Gasteiger partial charge < -0.3 is 15.5 Å². The minimum Gasteiger partial charge on any atom is -0.368 e. The molecule has 0 bridgehead atoms. The lowest BCUT2D eigenvalue weighted by Crippen LogP contribution is -2.49. The Hall–Kier alpha value is -2.74. The third-order valence-electron chi connectivity index (χ3n) is 4.38. The molecule has 1 aliphatic rings. The van der Waals surface area contributed by atoms with Crippen LogP contribution in [0.15, 0.2) is 36.8 Å². The molecular weight excluding hydrogens is 342 g/mol. The molecule has 2 aromatic heterocycles. The Morgan fingerprint density at radius 2 is 1.85 bits per heavy atom. The summed E-state index contributed by atoms with van der Waals surface area (Å²) in [5.41, 5.74) is 0.579. The fourth-order valence-corrected chi connectivity index (χ4v) is 2.96. The SMILES string of the molecule is CC(C)Nc1ccc(C(=O)NCCN2CCN(c3ncccn3)CC2)cn1. The maximum atomic E-state index is 12.2. The zero-order chi connectivity index (χ0) is 19.1. The second-order valence-electron chi connectivity index (χ2n) is 6.86. The van der Waals surface area contributed by atoms with Crippen LogP contribution in [0.1, 0.15) is 24.2 Å². The number of anilines is 2. The Labute approximate surface area is 160 Å². The second kappa shape index (κ2) is 9.27. The van der Waals surface area contributed by atoms with Crippen LogP contribution in [0.2, 0.25) is 0 Å². The van der Waals surface area contributed by atoms with E-state index in [1.807, 2.05) is 12.1 Å². The third-order valence-corrected chi connectivity index (χ3v) is 4.38. The van der Waals surface area contributed by atoms with Crippen LogP contribution in [0.25, 0.3) is 0 Å². The topological polar surface area (TPSA) is 86.3 Å². The maximum absolute atomic E-state index is 12.2. The van der Waals surface area contributed by atoms with E-state index < -0.39 is 0 Å². The molecule has 1 aliphatic heterocycles. The molecule has 0 atom stereocenters. The van der Waals surface area contributed by atoms with Gasteiger partial charge in [0.25, 0.3) is 5.91 Å². The van der Waals surface area contributed by atoms with Crippen molar-refractivity contribution in [2.75, 3.05) is 49.5 Å². The first-order valence-corrected chi connectivity index (χ1v) is 9.37. The molecule has 0 saturated carbocycles. The predicted molar refractivity (Wildman–Crippen MR) is 106 cm³/mol. The number of carbonyl (C=O) groups is 1. The zero-order valence-electron chi connectivity index (χ0n) is 15.9. The van der Waals surface area contributed by atoms with E-state index in [0.29, 0.717) is 18.2 Å².